The standard InChI is InChI=1S/C21H17FN2O3/c1-26-16-5-6-17-14(13-27-20(17)12-16)10-21(25)23-19-11-15(4-7-18(19)22)24-8-2-3-9-24/h2-9,11-13H,10H2,1H3,(H,23,25). The Balaban J connectivity index is 1.54. The van der Waals surface area contributed by atoms with Gasteiger partial charge >= 0.3 is 0 Å². The Labute approximate surface area is 155 Å². The molecule has 136 valence electrons. The molecule has 0 saturated carbocycles. The number of anilines is 1. The van der Waals surface area contributed by atoms with Gasteiger partial charge in [0.15, 0.2) is 0 Å². The van der Waals surface area contributed by atoms with Crippen molar-refractivity contribution >= 4 is 22.6 Å². The van der Waals surface area contributed by atoms with Crippen molar-refractivity contribution in [3.8, 4) is 11.4 Å². The van der Waals surface area contributed by atoms with Crippen molar-refractivity contribution in [3.05, 3.63) is 78.6 Å². The minimum Gasteiger partial charge on any atom is -0.497 e. The van der Waals surface area contributed by atoms with E-state index in [1.807, 2.05) is 35.2 Å². The van der Waals surface area contributed by atoms with Crippen molar-refractivity contribution in [2.24, 2.45) is 0 Å². The molecule has 5 nitrogen and oxygen atoms in total. The number of hydrogen-bond donors (Lipinski definition) is 1. The van der Waals surface area contributed by atoms with E-state index in [4.69, 9.17) is 9.15 Å². The van der Waals surface area contributed by atoms with Gasteiger partial charge in [-0.05, 0) is 42.5 Å². The normalized spacial score (nSPS) is 10.9. The van der Waals surface area contributed by atoms with Crippen LogP contribution >= 0.6 is 0 Å². The smallest absolute Gasteiger partial charge is 0.229 e. The van der Waals surface area contributed by atoms with Gasteiger partial charge in [-0.1, -0.05) is 0 Å². The van der Waals surface area contributed by atoms with Crippen LogP contribution in [0.15, 0.2) is 71.6 Å². The Hall–Kier alpha value is -3.54. The second kappa shape index (κ2) is 6.99. The van der Waals surface area contributed by atoms with Crippen molar-refractivity contribution in [3.63, 3.8) is 0 Å². The minimum absolute atomic E-state index is 0.0759. The highest BCUT2D eigenvalue weighted by Gasteiger charge is 2.13. The first-order valence-electron chi connectivity index (χ1n) is 8.41. The molecule has 0 spiro atoms. The van der Waals surface area contributed by atoms with Crippen molar-refractivity contribution < 1.29 is 18.3 Å². The summed E-state index contributed by atoms with van der Waals surface area (Å²) in [5.74, 6) is -0.130. The lowest BCUT2D eigenvalue weighted by molar-refractivity contribution is -0.115. The van der Waals surface area contributed by atoms with Gasteiger partial charge in [0.05, 0.1) is 25.5 Å². The van der Waals surface area contributed by atoms with Crippen LogP contribution in [0.5, 0.6) is 5.75 Å². The zero-order valence-electron chi connectivity index (χ0n) is 14.6. The molecule has 0 unspecified atom stereocenters. The highest BCUT2D eigenvalue weighted by Crippen LogP contribution is 2.26. The van der Waals surface area contributed by atoms with Crippen LogP contribution in [-0.2, 0) is 11.2 Å². The van der Waals surface area contributed by atoms with E-state index in [1.54, 1.807) is 31.4 Å². The molecule has 0 fully saturated rings. The number of rotatable bonds is 5. The summed E-state index contributed by atoms with van der Waals surface area (Å²) >= 11 is 0. The maximum absolute atomic E-state index is 14.1. The first-order valence-corrected chi connectivity index (χ1v) is 8.41. The number of carbonyl (C=O) groups excluding carboxylic acids is 1. The molecule has 6 heteroatoms. The van der Waals surface area contributed by atoms with Crippen LogP contribution in [0, 0.1) is 5.82 Å². The molecular weight excluding hydrogens is 347 g/mol. The third kappa shape index (κ3) is 3.42. The number of aromatic nitrogens is 1. The van der Waals surface area contributed by atoms with Crippen LogP contribution in [-0.4, -0.2) is 17.6 Å². The summed E-state index contributed by atoms with van der Waals surface area (Å²) in [4.78, 5) is 12.4. The van der Waals surface area contributed by atoms with E-state index in [1.165, 1.54) is 12.3 Å². The fourth-order valence-corrected chi connectivity index (χ4v) is 2.97. The van der Waals surface area contributed by atoms with Crippen LogP contribution in [0.25, 0.3) is 16.7 Å². The summed E-state index contributed by atoms with van der Waals surface area (Å²) < 4.78 is 26.6. The molecule has 0 aliphatic rings. The predicted molar refractivity (Wildman–Crippen MR) is 101 cm³/mol. The average Bonchev–Trinajstić information content (AvgIpc) is 3.33. The van der Waals surface area contributed by atoms with Gasteiger partial charge in [0.1, 0.15) is 17.1 Å². The fraction of sp³-hybridized carbons (Fsp3) is 0.0952. The Morgan fingerprint density at radius 1 is 1.19 bits per heavy atom. The number of halogens is 1. The third-order valence-electron chi connectivity index (χ3n) is 4.34. The van der Waals surface area contributed by atoms with E-state index in [0.717, 1.165) is 16.6 Å². The molecule has 2 heterocycles. The molecule has 0 saturated heterocycles. The maximum Gasteiger partial charge on any atom is 0.229 e. The molecule has 0 atom stereocenters. The second-order valence-electron chi connectivity index (χ2n) is 6.10. The molecule has 2 aromatic heterocycles. The van der Waals surface area contributed by atoms with Gasteiger partial charge in [-0.15, -0.1) is 0 Å². The number of benzene rings is 2. The number of nitrogens with one attached hydrogen (secondary N) is 1. The fourth-order valence-electron chi connectivity index (χ4n) is 2.97. The van der Waals surface area contributed by atoms with Gasteiger partial charge < -0.3 is 19.0 Å². The Bertz CT molecular complexity index is 1100. The number of amides is 1. The van der Waals surface area contributed by atoms with E-state index in [-0.39, 0.29) is 18.0 Å². The highest BCUT2D eigenvalue weighted by molar-refractivity contribution is 5.95. The summed E-state index contributed by atoms with van der Waals surface area (Å²) in [6, 6.07) is 13.8. The first-order chi connectivity index (χ1) is 13.1. The zero-order valence-corrected chi connectivity index (χ0v) is 14.6. The van der Waals surface area contributed by atoms with Crippen molar-refractivity contribution in [1.82, 2.24) is 4.57 Å². The van der Waals surface area contributed by atoms with Gasteiger partial charge in [-0.3, -0.25) is 4.79 Å². The molecule has 0 aliphatic carbocycles. The van der Waals surface area contributed by atoms with Crippen LogP contribution in [0.3, 0.4) is 0 Å². The van der Waals surface area contributed by atoms with Gasteiger partial charge in [-0.25, -0.2) is 4.39 Å². The first kappa shape index (κ1) is 16.9. The largest absolute Gasteiger partial charge is 0.497 e. The number of nitrogens with zero attached hydrogens (tertiary/aromatic N) is 1. The van der Waals surface area contributed by atoms with Gasteiger partial charge in [0.25, 0.3) is 0 Å². The van der Waals surface area contributed by atoms with E-state index in [2.05, 4.69) is 5.32 Å². The second-order valence-corrected chi connectivity index (χ2v) is 6.10. The molecule has 0 radical (unpaired) electrons. The highest BCUT2D eigenvalue weighted by atomic mass is 19.1. The van der Waals surface area contributed by atoms with Crippen molar-refractivity contribution in [1.29, 1.82) is 0 Å². The number of carbonyl (C=O) groups is 1. The third-order valence-corrected chi connectivity index (χ3v) is 4.34. The SMILES string of the molecule is COc1ccc2c(CC(=O)Nc3cc(-n4cccc4)ccc3F)coc2c1. The topological polar surface area (TPSA) is 56.4 Å². The molecule has 0 bridgehead atoms. The number of furan rings is 1. The average molecular weight is 364 g/mol. The molecule has 2 aromatic carbocycles. The van der Waals surface area contributed by atoms with Gasteiger partial charge in [0, 0.05) is 35.1 Å². The Kier molecular flexibility index (Phi) is 4.38. The quantitative estimate of drug-likeness (QED) is 0.565. The monoisotopic (exact) mass is 364 g/mol. The van der Waals surface area contributed by atoms with Crippen LogP contribution < -0.4 is 10.1 Å². The van der Waals surface area contributed by atoms with Crippen LogP contribution in [0.2, 0.25) is 0 Å². The predicted octanol–water partition coefficient (Wildman–Crippen LogP) is 4.55. The number of fused-ring (bicyclic) bond motifs is 1. The Morgan fingerprint density at radius 2 is 2.00 bits per heavy atom. The molecule has 1 amide bonds. The minimum atomic E-state index is -0.485. The van der Waals surface area contributed by atoms with E-state index < -0.39 is 5.82 Å². The van der Waals surface area contributed by atoms with Crippen molar-refractivity contribution in [2.45, 2.75) is 6.42 Å². The summed E-state index contributed by atoms with van der Waals surface area (Å²) in [5, 5.41) is 3.47. The number of ether oxygens (including phenoxy) is 1. The van der Waals surface area contributed by atoms with Crippen molar-refractivity contribution in [2.75, 3.05) is 12.4 Å². The molecular formula is C21H17FN2O3. The number of hydrogen-bond acceptors (Lipinski definition) is 3. The zero-order chi connectivity index (χ0) is 18.8. The summed E-state index contributed by atoms with van der Waals surface area (Å²) in [7, 11) is 1.58. The van der Waals surface area contributed by atoms with Crippen LogP contribution in [0.4, 0.5) is 10.1 Å². The Morgan fingerprint density at radius 3 is 2.78 bits per heavy atom. The maximum atomic E-state index is 14.1. The summed E-state index contributed by atoms with van der Waals surface area (Å²) in [6.07, 6.45) is 5.32. The molecule has 27 heavy (non-hydrogen) atoms. The number of methoxy groups -OCH3 is 1. The van der Waals surface area contributed by atoms with E-state index in [9.17, 15) is 9.18 Å². The van der Waals surface area contributed by atoms with E-state index >= 15 is 0 Å². The molecule has 1 N–H and O–H groups in total. The molecule has 0 aliphatic heterocycles. The lowest BCUT2D eigenvalue weighted by Crippen LogP contribution is -2.15. The summed E-state index contributed by atoms with van der Waals surface area (Å²) in [5.41, 5.74) is 2.27. The molecule has 4 rings (SSSR count). The van der Waals surface area contributed by atoms with Gasteiger partial charge in [0.2, 0.25) is 5.91 Å². The molecule has 4 aromatic rings. The van der Waals surface area contributed by atoms with E-state index in [0.29, 0.717) is 11.3 Å². The lowest BCUT2D eigenvalue weighted by atomic mass is 10.1. The lowest BCUT2D eigenvalue weighted by Gasteiger charge is -2.09. The summed E-state index contributed by atoms with van der Waals surface area (Å²) in [6.45, 7) is 0. The van der Waals surface area contributed by atoms with Crippen LogP contribution in [0.1, 0.15) is 5.56 Å². The van der Waals surface area contributed by atoms with Gasteiger partial charge in [-0.2, -0.15) is 0 Å².